The standard InChI is InChI=1S/C14H18BrN3/c1-11-4-5-14(13(15)9-11)18-8-2-3-12(10-18)17-7-6-16/h4-5,9,12,17H,2-3,7-8,10H2,1H3. The fourth-order valence-corrected chi connectivity index (χ4v) is 3.16. The molecule has 1 saturated heterocycles. The second kappa shape index (κ2) is 6.21. The molecule has 4 heteroatoms. The van der Waals surface area contributed by atoms with Crippen LogP contribution in [0.2, 0.25) is 0 Å². The first-order chi connectivity index (χ1) is 8.70. The molecular formula is C14H18BrN3. The van der Waals surface area contributed by atoms with Gasteiger partial charge < -0.3 is 4.90 Å². The third kappa shape index (κ3) is 3.24. The molecule has 1 aliphatic rings. The maximum absolute atomic E-state index is 8.62. The van der Waals surface area contributed by atoms with E-state index >= 15 is 0 Å². The van der Waals surface area contributed by atoms with Gasteiger partial charge in [-0.25, -0.2) is 0 Å². The maximum Gasteiger partial charge on any atom is 0.0843 e. The number of benzene rings is 1. The van der Waals surface area contributed by atoms with Crippen molar-refractivity contribution in [1.29, 1.82) is 5.26 Å². The minimum atomic E-state index is 0.423. The van der Waals surface area contributed by atoms with E-state index in [0.29, 0.717) is 12.6 Å². The molecule has 0 bridgehead atoms. The van der Waals surface area contributed by atoms with Crippen molar-refractivity contribution in [2.75, 3.05) is 24.5 Å². The number of rotatable bonds is 3. The lowest BCUT2D eigenvalue weighted by molar-refractivity contribution is 0.439. The topological polar surface area (TPSA) is 39.1 Å². The van der Waals surface area contributed by atoms with Crippen molar-refractivity contribution in [1.82, 2.24) is 5.32 Å². The summed E-state index contributed by atoms with van der Waals surface area (Å²) in [6.07, 6.45) is 2.32. The summed E-state index contributed by atoms with van der Waals surface area (Å²) in [5.41, 5.74) is 2.52. The van der Waals surface area contributed by atoms with E-state index in [1.54, 1.807) is 0 Å². The molecule has 1 aliphatic heterocycles. The van der Waals surface area contributed by atoms with Crippen molar-refractivity contribution in [3.05, 3.63) is 28.2 Å². The highest BCUT2D eigenvalue weighted by Crippen LogP contribution is 2.29. The van der Waals surface area contributed by atoms with Crippen LogP contribution in [0.4, 0.5) is 5.69 Å². The Hall–Kier alpha value is -1.05. The Morgan fingerprint density at radius 3 is 3.11 bits per heavy atom. The number of nitriles is 1. The predicted molar refractivity (Wildman–Crippen MR) is 77.7 cm³/mol. The van der Waals surface area contributed by atoms with Gasteiger partial charge >= 0.3 is 0 Å². The van der Waals surface area contributed by atoms with Crippen LogP contribution < -0.4 is 10.2 Å². The van der Waals surface area contributed by atoms with E-state index in [0.717, 1.165) is 24.0 Å². The van der Waals surface area contributed by atoms with Gasteiger partial charge in [-0.1, -0.05) is 6.07 Å². The van der Waals surface area contributed by atoms with Crippen LogP contribution in [0.5, 0.6) is 0 Å². The number of halogens is 1. The lowest BCUT2D eigenvalue weighted by Gasteiger charge is -2.35. The molecule has 1 unspecified atom stereocenters. The van der Waals surface area contributed by atoms with Crippen LogP contribution in [-0.2, 0) is 0 Å². The highest BCUT2D eigenvalue weighted by molar-refractivity contribution is 9.10. The van der Waals surface area contributed by atoms with Crippen LogP contribution in [0, 0.1) is 18.3 Å². The van der Waals surface area contributed by atoms with Crippen LogP contribution in [-0.4, -0.2) is 25.7 Å². The van der Waals surface area contributed by atoms with Crippen molar-refractivity contribution in [3.63, 3.8) is 0 Å². The molecule has 0 aromatic heterocycles. The quantitative estimate of drug-likeness (QED) is 0.873. The molecule has 1 N–H and O–H groups in total. The molecular weight excluding hydrogens is 290 g/mol. The molecule has 3 nitrogen and oxygen atoms in total. The van der Waals surface area contributed by atoms with Crippen LogP contribution in [0.3, 0.4) is 0 Å². The van der Waals surface area contributed by atoms with Crippen LogP contribution in [0.25, 0.3) is 0 Å². The van der Waals surface area contributed by atoms with Gasteiger partial charge in [0.1, 0.15) is 0 Å². The predicted octanol–water partition coefficient (Wildman–Crippen LogP) is 2.84. The largest absolute Gasteiger partial charge is 0.369 e. The highest BCUT2D eigenvalue weighted by Gasteiger charge is 2.20. The molecule has 96 valence electrons. The summed E-state index contributed by atoms with van der Waals surface area (Å²) < 4.78 is 1.16. The van der Waals surface area contributed by atoms with Crippen LogP contribution in [0.1, 0.15) is 18.4 Å². The molecule has 1 heterocycles. The van der Waals surface area contributed by atoms with E-state index in [-0.39, 0.29) is 0 Å². The molecule has 1 atom stereocenters. The first kappa shape index (κ1) is 13.4. The van der Waals surface area contributed by atoms with Gasteiger partial charge in [0.05, 0.1) is 18.3 Å². The normalized spacial score (nSPS) is 19.6. The summed E-state index contributed by atoms with van der Waals surface area (Å²) in [4.78, 5) is 2.39. The van der Waals surface area contributed by atoms with Gasteiger partial charge in [-0.3, -0.25) is 5.32 Å². The Bertz CT molecular complexity index is 453. The number of anilines is 1. The van der Waals surface area contributed by atoms with Gasteiger partial charge in [-0.05, 0) is 53.4 Å². The van der Waals surface area contributed by atoms with Gasteiger partial charge in [0, 0.05) is 23.6 Å². The summed E-state index contributed by atoms with van der Waals surface area (Å²) in [6.45, 7) is 4.60. The van der Waals surface area contributed by atoms with Crippen LogP contribution >= 0.6 is 15.9 Å². The fraction of sp³-hybridized carbons (Fsp3) is 0.500. The average Bonchev–Trinajstić information content (AvgIpc) is 2.36. The smallest absolute Gasteiger partial charge is 0.0843 e. The van der Waals surface area contributed by atoms with E-state index in [2.05, 4.69) is 57.3 Å². The second-order valence-corrected chi connectivity index (χ2v) is 5.63. The zero-order valence-corrected chi connectivity index (χ0v) is 12.2. The Morgan fingerprint density at radius 1 is 1.56 bits per heavy atom. The Balaban J connectivity index is 2.06. The number of aryl methyl sites for hydroxylation is 1. The summed E-state index contributed by atoms with van der Waals surface area (Å²) in [7, 11) is 0. The minimum absolute atomic E-state index is 0.423. The number of piperidine rings is 1. The van der Waals surface area contributed by atoms with Crippen molar-refractivity contribution in [2.45, 2.75) is 25.8 Å². The third-order valence-corrected chi connectivity index (χ3v) is 3.97. The molecule has 1 aromatic carbocycles. The zero-order chi connectivity index (χ0) is 13.0. The molecule has 0 saturated carbocycles. The van der Waals surface area contributed by atoms with Crippen molar-refractivity contribution >= 4 is 21.6 Å². The minimum Gasteiger partial charge on any atom is -0.369 e. The lowest BCUT2D eigenvalue weighted by Crippen LogP contribution is -2.46. The molecule has 0 amide bonds. The molecule has 0 spiro atoms. The maximum atomic E-state index is 8.62. The van der Waals surface area contributed by atoms with E-state index < -0.39 is 0 Å². The monoisotopic (exact) mass is 307 g/mol. The first-order valence-corrected chi connectivity index (χ1v) is 7.11. The van der Waals surface area contributed by atoms with Gasteiger partial charge in [-0.15, -0.1) is 0 Å². The van der Waals surface area contributed by atoms with Gasteiger partial charge in [-0.2, -0.15) is 5.26 Å². The molecule has 0 aliphatic carbocycles. The van der Waals surface area contributed by atoms with Gasteiger partial charge in [0.2, 0.25) is 0 Å². The Labute approximate surface area is 117 Å². The Morgan fingerprint density at radius 2 is 2.39 bits per heavy atom. The van der Waals surface area contributed by atoms with Crippen molar-refractivity contribution in [3.8, 4) is 6.07 Å². The lowest BCUT2D eigenvalue weighted by atomic mass is 10.0. The van der Waals surface area contributed by atoms with E-state index in [1.165, 1.54) is 17.7 Å². The van der Waals surface area contributed by atoms with Crippen molar-refractivity contribution < 1.29 is 0 Å². The summed E-state index contributed by atoms with van der Waals surface area (Å²) in [5.74, 6) is 0. The average molecular weight is 308 g/mol. The van der Waals surface area contributed by atoms with Gasteiger partial charge in [0.25, 0.3) is 0 Å². The Kier molecular flexibility index (Phi) is 4.62. The summed E-state index contributed by atoms with van der Waals surface area (Å²) in [5, 5.41) is 11.9. The van der Waals surface area contributed by atoms with E-state index in [9.17, 15) is 0 Å². The number of nitrogens with one attached hydrogen (secondary N) is 1. The van der Waals surface area contributed by atoms with Crippen molar-refractivity contribution in [2.24, 2.45) is 0 Å². The molecule has 18 heavy (non-hydrogen) atoms. The second-order valence-electron chi connectivity index (χ2n) is 4.78. The third-order valence-electron chi connectivity index (χ3n) is 3.34. The number of hydrogen-bond acceptors (Lipinski definition) is 3. The fourth-order valence-electron chi connectivity index (χ4n) is 2.42. The van der Waals surface area contributed by atoms with E-state index in [4.69, 9.17) is 5.26 Å². The molecule has 1 fully saturated rings. The first-order valence-electron chi connectivity index (χ1n) is 6.32. The highest BCUT2D eigenvalue weighted by atomic mass is 79.9. The summed E-state index contributed by atoms with van der Waals surface area (Å²) >= 11 is 3.64. The van der Waals surface area contributed by atoms with E-state index in [1.807, 2.05) is 0 Å². The molecule has 1 aromatic rings. The van der Waals surface area contributed by atoms with Crippen LogP contribution in [0.15, 0.2) is 22.7 Å². The number of nitrogens with zero attached hydrogens (tertiary/aromatic N) is 2. The SMILES string of the molecule is Cc1ccc(N2CCCC(NCC#N)C2)c(Br)c1. The zero-order valence-electron chi connectivity index (χ0n) is 10.6. The van der Waals surface area contributed by atoms with Gasteiger partial charge in [0.15, 0.2) is 0 Å². The summed E-state index contributed by atoms with van der Waals surface area (Å²) in [6, 6.07) is 9.04. The number of hydrogen-bond donors (Lipinski definition) is 1. The molecule has 0 radical (unpaired) electrons. The molecule has 2 rings (SSSR count).